The Morgan fingerprint density at radius 1 is 0.879 bits per heavy atom. The number of benzene rings is 3. The minimum Gasteiger partial charge on any atom is -0.484 e. The molecule has 0 unspecified atom stereocenters. The number of aryl methyl sites for hydroxylation is 1. The van der Waals surface area contributed by atoms with E-state index >= 15 is 0 Å². The molecule has 0 spiro atoms. The van der Waals surface area contributed by atoms with Gasteiger partial charge < -0.3 is 15.0 Å². The van der Waals surface area contributed by atoms with Crippen LogP contribution in [-0.2, 0) is 22.6 Å². The molecule has 3 aromatic carbocycles. The number of ether oxygens (including phenoxy) is 1. The van der Waals surface area contributed by atoms with Crippen LogP contribution < -0.4 is 10.1 Å². The predicted octanol–water partition coefficient (Wildman–Crippen LogP) is 4.54. The number of para-hydroxylation sites is 1. The van der Waals surface area contributed by atoms with E-state index in [-0.39, 0.29) is 24.5 Å². The lowest BCUT2D eigenvalue weighted by molar-refractivity contribution is -0.143. The first-order valence-corrected chi connectivity index (χ1v) is 11.3. The van der Waals surface area contributed by atoms with Crippen LogP contribution in [0.4, 0.5) is 0 Å². The van der Waals surface area contributed by atoms with E-state index in [1.807, 2.05) is 106 Å². The molecule has 0 fully saturated rings. The van der Waals surface area contributed by atoms with Gasteiger partial charge in [-0.25, -0.2) is 0 Å². The van der Waals surface area contributed by atoms with Gasteiger partial charge in [0.1, 0.15) is 11.8 Å². The molecule has 1 atom stereocenters. The molecule has 172 valence electrons. The first-order valence-electron chi connectivity index (χ1n) is 11.3. The van der Waals surface area contributed by atoms with Crippen LogP contribution >= 0.6 is 0 Å². The van der Waals surface area contributed by atoms with E-state index < -0.39 is 6.04 Å². The Hall–Kier alpha value is -3.60. The van der Waals surface area contributed by atoms with E-state index in [9.17, 15) is 9.59 Å². The number of carbonyl (C=O) groups is 2. The molecule has 1 N–H and O–H groups in total. The van der Waals surface area contributed by atoms with Crippen molar-refractivity contribution in [1.29, 1.82) is 0 Å². The van der Waals surface area contributed by atoms with Gasteiger partial charge >= 0.3 is 0 Å². The van der Waals surface area contributed by atoms with E-state index in [2.05, 4.69) is 5.32 Å². The zero-order valence-electron chi connectivity index (χ0n) is 19.5. The lowest BCUT2D eigenvalue weighted by atomic mass is 10.0. The van der Waals surface area contributed by atoms with Gasteiger partial charge in [-0.15, -0.1) is 0 Å². The molecule has 0 heterocycles. The van der Waals surface area contributed by atoms with Crippen LogP contribution in [0.3, 0.4) is 0 Å². The number of nitrogens with one attached hydrogen (secondary N) is 1. The highest BCUT2D eigenvalue weighted by molar-refractivity contribution is 5.88. The average Bonchev–Trinajstić information content (AvgIpc) is 2.80. The highest BCUT2D eigenvalue weighted by Crippen LogP contribution is 2.17. The zero-order chi connectivity index (χ0) is 23.6. The van der Waals surface area contributed by atoms with Crippen LogP contribution in [0.5, 0.6) is 5.75 Å². The number of amides is 2. The summed E-state index contributed by atoms with van der Waals surface area (Å²) in [5.41, 5.74) is 3.07. The van der Waals surface area contributed by atoms with E-state index in [0.717, 1.165) is 16.7 Å². The van der Waals surface area contributed by atoms with Gasteiger partial charge in [-0.1, -0.05) is 78.4 Å². The van der Waals surface area contributed by atoms with Gasteiger partial charge in [0, 0.05) is 19.0 Å². The van der Waals surface area contributed by atoms with E-state index in [0.29, 0.717) is 18.7 Å². The Labute approximate surface area is 196 Å². The van der Waals surface area contributed by atoms with Crippen molar-refractivity contribution in [1.82, 2.24) is 10.2 Å². The maximum absolute atomic E-state index is 13.4. The van der Waals surface area contributed by atoms with Gasteiger partial charge in [-0.05, 0) is 44.0 Å². The van der Waals surface area contributed by atoms with Crippen LogP contribution in [0, 0.1) is 6.92 Å². The summed E-state index contributed by atoms with van der Waals surface area (Å²) >= 11 is 0. The van der Waals surface area contributed by atoms with E-state index in [1.54, 1.807) is 4.90 Å². The Kier molecular flexibility index (Phi) is 8.64. The monoisotopic (exact) mass is 444 g/mol. The largest absolute Gasteiger partial charge is 0.484 e. The zero-order valence-corrected chi connectivity index (χ0v) is 19.5. The number of rotatable bonds is 10. The highest BCUT2D eigenvalue weighted by atomic mass is 16.5. The quantitative estimate of drug-likeness (QED) is 0.500. The third-order valence-electron chi connectivity index (χ3n) is 5.24. The molecule has 0 aliphatic carbocycles. The second-order valence-corrected chi connectivity index (χ2v) is 8.48. The fourth-order valence-electron chi connectivity index (χ4n) is 3.69. The van der Waals surface area contributed by atoms with Gasteiger partial charge in [0.15, 0.2) is 6.61 Å². The summed E-state index contributed by atoms with van der Waals surface area (Å²) in [6.07, 6.45) is 0.419. The van der Waals surface area contributed by atoms with Crippen molar-refractivity contribution in [3.8, 4) is 5.75 Å². The summed E-state index contributed by atoms with van der Waals surface area (Å²) in [6, 6.07) is 26.3. The number of hydrogen-bond acceptors (Lipinski definition) is 3. The van der Waals surface area contributed by atoms with Crippen molar-refractivity contribution >= 4 is 11.8 Å². The van der Waals surface area contributed by atoms with Gasteiger partial charge in [-0.3, -0.25) is 9.59 Å². The van der Waals surface area contributed by atoms with Crippen LogP contribution in [0.25, 0.3) is 0 Å². The van der Waals surface area contributed by atoms with Crippen molar-refractivity contribution in [2.24, 2.45) is 0 Å². The fraction of sp³-hybridized carbons (Fsp3) is 0.286. The Balaban J connectivity index is 1.90. The molecule has 0 saturated heterocycles. The molecule has 0 aliphatic heterocycles. The minimum absolute atomic E-state index is 0.0349. The molecule has 0 aromatic heterocycles. The molecular weight excluding hydrogens is 412 g/mol. The van der Waals surface area contributed by atoms with Crippen molar-refractivity contribution in [3.05, 3.63) is 102 Å². The van der Waals surface area contributed by atoms with Gasteiger partial charge in [0.25, 0.3) is 5.91 Å². The fourth-order valence-corrected chi connectivity index (χ4v) is 3.69. The van der Waals surface area contributed by atoms with Crippen molar-refractivity contribution < 1.29 is 14.3 Å². The van der Waals surface area contributed by atoms with Crippen LogP contribution in [-0.4, -0.2) is 35.4 Å². The summed E-state index contributed by atoms with van der Waals surface area (Å²) in [5.74, 6) is 0.211. The lowest BCUT2D eigenvalue weighted by Crippen LogP contribution is -2.52. The van der Waals surface area contributed by atoms with Crippen molar-refractivity contribution in [3.63, 3.8) is 0 Å². The van der Waals surface area contributed by atoms with Crippen molar-refractivity contribution in [2.45, 2.75) is 45.8 Å². The van der Waals surface area contributed by atoms with E-state index in [1.165, 1.54) is 0 Å². The number of hydrogen-bond donors (Lipinski definition) is 1. The van der Waals surface area contributed by atoms with E-state index in [4.69, 9.17) is 4.74 Å². The third kappa shape index (κ3) is 7.49. The molecule has 5 nitrogen and oxygen atoms in total. The maximum atomic E-state index is 13.4. The minimum atomic E-state index is -0.665. The van der Waals surface area contributed by atoms with Crippen molar-refractivity contribution in [2.75, 3.05) is 6.61 Å². The summed E-state index contributed by atoms with van der Waals surface area (Å²) in [5, 5.41) is 3.00. The van der Waals surface area contributed by atoms with Crippen LogP contribution in [0.15, 0.2) is 84.9 Å². The topological polar surface area (TPSA) is 58.6 Å². The summed E-state index contributed by atoms with van der Waals surface area (Å²) in [7, 11) is 0. The highest BCUT2D eigenvalue weighted by Gasteiger charge is 2.31. The number of carbonyl (C=O) groups excluding carboxylic acids is 2. The molecule has 0 radical (unpaired) electrons. The molecule has 0 saturated carbocycles. The first-order chi connectivity index (χ1) is 15.9. The molecule has 0 bridgehead atoms. The predicted molar refractivity (Wildman–Crippen MR) is 131 cm³/mol. The molecule has 33 heavy (non-hydrogen) atoms. The maximum Gasteiger partial charge on any atom is 0.261 e. The molecule has 3 aromatic rings. The average molecular weight is 445 g/mol. The molecule has 3 rings (SSSR count). The molecular formula is C28H32N2O3. The van der Waals surface area contributed by atoms with Gasteiger partial charge in [0.05, 0.1) is 0 Å². The van der Waals surface area contributed by atoms with Crippen LogP contribution in [0.1, 0.15) is 30.5 Å². The third-order valence-corrected chi connectivity index (χ3v) is 5.24. The normalized spacial score (nSPS) is 11.6. The van der Waals surface area contributed by atoms with Gasteiger partial charge in [-0.2, -0.15) is 0 Å². The SMILES string of the molecule is Cc1cccc(CN(C(=O)COc2ccccc2)[C@@H](Cc2ccccc2)C(=O)NC(C)C)c1. The summed E-state index contributed by atoms with van der Waals surface area (Å²) in [6.45, 7) is 6.03. The Bertz CT molecular complexity index is 1040. The smallest absolute Gasteiger partial charge is 0.261 e. The lowest BCUT2D eigenvalue weighted by Gasteiger charge is -2.32. The Morgan fingerprint density at radius 2 is 1.52 bits per heavy atom. The molecule has 0 aliphatic rings. The summed E-state index contributed by atoms with van der Waals surface area (Å²) < 4.78 is 5.75. The summed E-state index contributed by atoms with van der Waals surface area (Å²) in [4.78, 5) is 28.4. The number of nitrogens with zero attached hydrogens (tertiary/aromatic N) is 1. The van der Waals surface area contributed by atoms with Gasteiger partial charge in [0.2, 0.25) is 5.91 Å². The standard InChI is InChI=1S/C28H32N2O3/c1-21(2)29-28(32)26(18-23-12-6-4-7-13-23)30(19-24-14-10-11-22(3)17-24)27(31)20-33-25-15-8-5-9-16-25/h4-17,21,26H,18-20H2,1-3H3,(H,29,32)/t26-/m0/s1. The second-order valence-electron chi connectivity index (χ2n) is 8.48. The second kappa shape index (κ2) is 11.9. The Morgan fingerprint density at radius 3 is 2.15 bits per heavy atom. The molecule has 2 amide bonds. The molecule has 5 heteroatoms. The first kappa shape index (κ1) is 24.1. The van der Waals surface area contributed by atoms with Crippen LogP contribution in [0.2, 0.25) is 0 Å².